The highest BCUT2D eigenvalue weighted by Crippen LogP contribution is 2.26. The molecule has 0 saturated carbocycles. The molecule has 0 spiro atoms. The van der Waals surface area contributed by atoms with Crippen molar-refractivity contribution in [2.24, 2.45) is 0 Å². The van der Waals surface area contributed by atoms with Gasteiger partial charge in [0.15, 0.2) is 0 Å². The molecule has 0 amide bonds. The minimum absolute atomic E-state index is 0.134. The molecule has 92 valence electrons. The fourth-order valence-corrected chi connectivity index (χ4v) is 2.64. The van der Waals surface area contributed by atoms with E-state index in [4.69, 9.17) is 4.42 Å². The van der Waals surface area contributed by atoms with Crippen LogP contribution in [-0.2, 0) is 0 Å². The molecule has 1 aromatic heterocycles. The summed E-state index contributed by atoms with van der Waals surface area (Å²) < 4.78 is 5.24. The molecule has 0 bridgehead atoms. The van der Waals surface area contributed by atoms with Crippen molar-refractivity contribution >= 4 is 11.8 Å². The first-order chi connectivity index (χ1) is 7.47. The monoisotopic (exact) mass is 243 g/mol. The fraction of sp³-hybridized carbons (Fsp3) is 0.667. The molecule has 0 aliphatic rings. The van der Waals surface area contributed by atoms with Crippen LogP contribution in [0.5, 0.6) is 0 Å². The summed E-state index contributed by atoms with van der Waals surface area (Å²) in [7, 11) is 0. The van der Waals surface area contributed by atoms with E-state index in [1.165, 1.54) is 0 Å². The standard InChI is InChI=1S/C12H21NO2S/c1-9(2)13-12(4,7-14)8-16-11-5-6-15-10(11)3/h5-6,9,13-14H,7-8H2,1-4H3. The second-order valence-corrected chi connectivity index (χ2v) is 5.66. The van der Waals surface area contributed by atoms with Crippen molar-refractivity contribution in [1.82, 2.24) is 5.32 Å². The van der Waals surface area contributed by atoms with Gasteiger partial charge in [0.1, 0.15) is 5.76 Å². The Labute approximate surface area is 102 Å². The van der Waals surface area contributed by atoms with Gasteiger partial charge in [0.2, 0.25) is 0 Å². The summed E-state index contributed by atoms with van der Waals surface area (Å²) in [6.07, 6.45) is 1.70. The maximum absolute atomic E-state index is 9.43. The quantitative estimate of drug-likeness (QED) is 0.753. The van der Waals surface area contributed by atoms with Gasteiger partial charge in [-0.05, 0) is 19.9 Å². The molecular weight excluding hydrogens is 222 g/mol. The van der Waals surface area contributed by atoms with Gasteiger partial charge in [-0.1, -0.05) is 13.8 Å². The van der Waals surface area contributed by atoms with Crippen LogP contribution in [0.25, 0.3) is 0 Å². The van der Waals surface area contributed by atoms with Crippen LogP contribution in [0.1, 0.15) is 26.5 Å². The number of aliphatic hydroxyl groups is 1. The molecule has 16 heavy (non-hydrogen) atoms. The first-order valence-corrected chi connectivity index (χ1v) is 6.51. The summed E-state index contributed by atoms with van der Waals surface area (Å²) in [6, 6.07) is 2.33. The van der Waals surface area contributed by atoms with E-state index in [1.54, 1.807) is 18.0 Å². The third-order valence-electron chi connectivity index (χ3n) is 2.34. The van der Waals surface area contributed by atoms with E-state index in [0.717, 1.165) is 16.4 Å². The smallest absolute Gasteiger partial charge is 0.114 e. The molecule has 1 heterocycles. The highest BCUT2D eigenvalue weighted by Gasteiger charge is 2.24. The Kier molecular flexibility index (Phi) is 4.89. The molecule has 0 aromatic carbocycles. The minimum Gasteiger partial charge on any atom is -0.468 e. The zero-order valence-corrected chi connectivity index (χ0v) is 11.2. The summed E-state index contributed by atoms with van der Waals surface area (Å²) in [5.41, 5.74) is -0.247. The number of aliphatic hydroxyl groups excluding tert-OH is 1. The molecule has 3 nitrogen and oxygen atoms in total. The van der Waals surface area contributed by atoms with Crippen molar-refractivity contribution in [3.63, 3.8) is 0 Å². The second-order valence-electron chi connectivity index (χ2n) is 4.65. The van der Waals surface area contributed by atoms with Gasteiger partial charge in [-0.2, -0.15) is 0 Å². The van der Waals surface area contributed by atoms with Crippen molar-refractivity contribution in [3.05, 3.63) is 18.1 Å². The lowest BCUT2D eigenvalue weighted by atomic mass is 10.1. The van der Waals surface area contributed by atoms with E-state index in [0.29, 0.717) is 6.04 Å². The molecule has 0 fully saturated rings. The van der Waals surface area contributed by atoms with Crippen LogP contribution in [0.2, 0.25) is 0 Å². The highest BCUT2D eigenvalue weighted by molar-refractivity contribution is 7.99. The number of thioether (sulfide) groups is 1. The molecule has 1 rings (SSSR count). The van der Waals surface area contributed by atoms with Crippen molar-refractivity contribution in [2.45, 2.75) is 44.2 Å². The molecule has 0 aliphatic heterocycles. The Bertz CT molecular complexity index is 325. The van der Waals surface area contributed by atoms with Crippen LogP contribution >= 0.6 is 11.8 Å². The second kappa shape index (κ2) is 5.75. The van der Waals surface area contributed by atoms with Crippen molar-refractivity contribution in [2.75, 3.05) is 12.4 Å². The Balaban J connectivity index is 2.54. The Morgan fingerprint density at radius 3 is 2.69 bits per heavy atom. The van der Waals surface area contributed by atoms with E-state index in [2.05, 4.69) is 19.2 Å². The Morgan fingerprint density at radius 2 is 2.25 bits per heavy atom. The molecule has 4 heteroatoms. The van der Waals surface area contributed by atoms with Crippen molar-refractivity contribution < 1.29 is 9.52 Å². The number of hydrogen-bond acceptors (Lipinski definition) is 4. The zero-order chi connectivity index (χ0) is 12.2. The van der Waals surface area contributed by atoms with Gasteiger partial charge in [0.25, 0.3) is 0 Å². The topological polar surface area (TPSA) is 45.4 Å². The largest absolute Gasteiger partial charge is 0.468 e. The predicted octanol–water partition coefficient (Wildman–Crippen LogP) is 2.43. The molecule has 0 aliphatic carbocycles. The van der Waals surface area contributed by atoms with E-state index < -0.39 is 0 Å². The van der Waals surface area contributed by atoms with Crippen molar-refractivity contribution in [1.29, 1.82) is 0 Å². The van der Waals surface area contributed by atoms with Gasteiger partial charge in [-0.25, -0.2) is 0 Å². The zero-order valence-electron chi connectivity index (χ0n) is 10.4. The average Bonchev–Trinajstić information content (AvgIpc) is 2.60. The van der Waals surface area contributed by atoms with E-state index >= 15 is 0 Å². The Hall–Kier alpha value is -0.450. The lowest BCUT2D eigenvalue weighted by Gasteiger charge is -2.30. The molecule has 2 N–H and O–H groups in total. The lowest BCUT2D eigenvalue weighted by Crippen LogP contribution is -2.51. The summed E-state index contributed by atoms with van der Waals surface area (Å²) in [6.45, 7) is 8.29. The summed E-state index contributed by atoms with van der Waals surface area (Å²) in [5.74, 6) is 1.76. The molecule has 0 radical (unpaired) electrons. The number of nitrogens with one attached hydrogen (secondary N) is 1. The van der Waals surface area contributed by atoms with Crippen LogP contribution in [0.15, 0.2) is 21.6 Å². The van der Waals surface area contributed by atoms with Crippen LogP contribution in [0, 0.1) is 6.92 Å². The van der Waals surface area contributed by atoms with Gasteiger partial charge in [0, 0.05) is 22.2 Å². The van der Waals surface area contributed by atoms with E-state index in [-0.39, 0.29) is 12.1 Å². The summed E-state index contributed by atoms with van der Waals surface area (Å²) >= 11 is 1.71. The van der Waals surface area contributed by atoms with Crippen LogP contribution < -0.4 is 5.32 Å². The van der Waals surface area contributed by atoms with Gasteiger partial charge in [-0.15, -0.1) is 11.8 Å². The fourth-order valence-electron chi connectivity index (χ4n) is 1.59. The van der Waals surface area contributed by atoms with Gasteiger partial charge in [-0.3, -0.25) is 0 Å². The van der Waals surface area contributed by atoms with Gasteiger partial charge in [0.05, 0.1) is 12.9 Å². The number of rotatable bonds is 6. The normalized spacial score (nSPS) is 15.4. The minimum atomic E-state index is -0.247. The maximum atomic E-state index is 9.43. The predicted molar refractivity (Wildman–Crippen MR) is 67.9 cm³/mol. The first kappa shape index (κ1) is 13.6. The maximum Gasteiger partial charge on any atom is 0.114 e. The van der Waals surface area contributed by atoms with Gasteiger partial charge >= 0.3 is 0 Å². The number of aryl methyl sites for hydroxylation is 1. The highest BCUT2D eigenvalue weighted by atomic mass is 32.2. The summed E-state index contributed by atoms with van der Waals surface area (Å²) in [5, 5.41) is 12.8. The molecule has 0 saturated heterocycles. The molecular formula is C12H21NO2S. The van der Waals surface area contributed by atoms with Gasteiger partial charge < -0.3 is 14.8 Å². The van der Waals surface area contributed by atoms with Crippen LogP contribution in [-0.4, -0.2) is 29.0 Å². The SMILES string of the molecule is Cc1occc1SCC(C)(CO)NC(C)C. The number of furan rings is 1. The summed E-state index contributed by atoms with van der Waals surface area (Å²) in [4.78, 5) is 1.14. The average molecular weight is 243 g/mol. The van der Waals surface area contributed by atoms with Crippen LogP contribution in [0.4, 0.5) is 0 Å². The number of hydrogen-bond donors (Lipinski definition) is 2. The molecule has 1 aromatic rings. The third kappa shape index (κ3) is 3.85. The van der Waals surface area contributed by atoms with E-state index in [1.807, 2.05) is 19.9 Å². The molecule has 1 atom stereocenters. The molecule has 1 unspecified atom stereocenters. The lowest BCUT2D eigenvalue weighted by molar-refractivity contribution is 0.183. The Morgan fingerprint density at radius 1 is 1.56 bits per heavy atom. The third-order valence-corrected chi connectivity index (χ3v) is 3.86. The van der Waals surface area contributed by atoms with Crippen LogP contribution in [0.3, 0.4) is 0 Å². The van der Waals surface area contributed by atoms with Crippen molar-refractivity contribution in [3.8, 4) is 0 Å². The van der Waals surface area contributed by atoms with E-state index in [9.17, 15) is 5.11 Å². The first-order valence-electron chi connectivity index (χ1n) is 5.52.